The van der Waals surface area contributed by atoms with Gasteiger partial charge in [-0.2, -0.15) is 26.3 Å². The quantitative estimate of drug-likeness (QED) is 0.777. The van der Waals surface area contributed by atoms with Crippen LogP contribution in [0.25, 0.3) is 0 Å². The summed E-state index contributed by atoms with van der Waals surface area (Å²) in [6.45, 7) is 3.59. The summed E-state index contributed by atoms with van der Waals surface area (Å²) in [4.78, 5) is 13.6. The second-order valence-corrected chi connectivity index (χ2v) is 7.02. The van der Waals surface area contributed by atoms with Crippen LogP contribution >= 0.6 is 11.8 Å². The summed E-state index contributed by atoms with van der Waals surface area (Å²) in [5.74, 6) is -0.333. The van der Waals surface area contributed by atoms with Crippen molar-refractivity contribution in [2.75, 3.05) is 17.2 Å². The molecule has 0 atom stereocenters. The van der Waals surface area contributed by atoms with Crippen molar-refractivity contribution >= 4 is 23.4 Å². The van der Waals surface area contributed by atoms with Crippen molar-refractivity contribution in [3.05, 3.63) is 23.8 Å². The average Bonchev–Trinajstić information content (AvgIpc) is 2.49. The lowest BCUT2D eigenvalue weighted by Crippen LogP contribution is -2.54. The number of thioether (sulfide) groups is 1. The molecule has 1 heterocycles. The number of fused-ring (bicyclic) bond motifs is 1. The van der Waals surface area contributed by atoms with E-state index in [1.807, 2.05) is 0 Å². The number of hydrogen-bond acceptors (Lipinski definition) is 3. The van der Waals surface area contributed by atoms with Crippen molar-refractivity contribution < 1.29 is 36.2 Å². The highest BCUT2D eigenvalue weighted by Crippen LogP contribution is 2.51. The van der Waals surface area contributed by atoms with Crippen molar-refractivity contribution in [3.63, 3.8) is 0 Å². The van der Waals surface area contributed by atoms with Gasteiger partial charge in [0.2, 0.25) is 5.91 Å². The van der Waals surface area contributed by atoms with E-state index in [-0.39, 0.29) is 22.4 Å². The Bertz CT molecular complexity index is 657. The highest BCUT2D eigenvalue weighted by atomic mass is 32.2. The molecule has 140 valence electrons. The van der Waals surface area contributed by atoms with E-state index in [1.165, 1.54) is 4.90 Å². The zero-order valence-corrected chi connectivity index (χ0v) is 14.0. The molecule has 0 saturated carbocycles. The molecule has 0 saturated heterocycles. The van der Waals surface area contributed by atoms with E-state index in [9.17, 15) is 36.2 Å². The molecule has 25 heavy (non-hydrogen) atoms. The minimum Gasteiger partial charge on any atom is -0.369 e. The molecule has 10 heteroatoms. The summed E-state index contributed by atoms with van der Waals surface area (Å²) >= 11 is 1.03. The van der Waals surface area contributed by atoms with Crippen LogP contribution in [0.15, 0.2) is 23.1 Å². The minimum absolute atomic E-state index is 0.0877. The van der Waals surface area contributed by atoms with Gasteiger partial charge in [0, 0.05) is 28.7 Å². The molecular weight excluding hydrogens is 372 g/mol. The topological polar surface area (TPSA) is 40.5 Å². The van der Waals surface area contributed by atoms with Gasteiger partial charge in [0.1, 0.15) is 0 Å². The molecule has 1 aromatic rings. The van der Waals surface area contributed by atoms with Gasteiger partial charge in [-0.25, -0.2) is 0 Å². The Morgan fingerprint density at radius 3 is 2.20 bits per heavy atom. The van der Waals surface area contributed by atoms with Crippen molar-refractivity contribution in [2.24, 2.45) is 5.92 Å². The highest BCUT2D eigenvalue weighted by Gasteiger charge is 2.71. The van der Waals surface area contributed by atoms with Crippen LogP contribution in [0.4, 0.5) is 32.0 Å². The van der Waals surface area contributed by atoms with Crippen LogP contribution < -0.4 is 4.90 Å². The number of carbonyl (C=O) groups excluding carboxylic acids is 1. The van der Waals surface area contributed by atoms with Crippen molar-refractivity contribution in [1.82, 2.24) is 0 Å². The fourth-order valence-electron chi connectivity index (χ4n) is 2.47. The van der Waals surface area contributed by atoms with Gasteiger partial charge in [-0.1, -0.05) is 19.9 Å². The van der Waals surface area contributed by atoms with Crippen LogP contribution in [0.5, 0.6) is 0 Å². The molecular formula is C15H15F6NO2S. The molecule has 0 unspecified atom stereocenters. The fraction of sp³-hybridized carbons (Fsp3) is 0.533. The van der Waals surface area contributed by atoms with E-state index in [2.05, 4.69) is 0 Å². The Hall–Kier alpha value is -1.42. The van der Waals surface area contributed by atoms with E-state index >= 15 is 0 Å². The fourth-order valence-corrected chi connectivity index (χ4v) is 3.50. The largest absolute Gasteiger partial charge is 0.430 e. The number of nitrogens with zero attached hydrogens (tertiary/aromatic N) is 1. The molecule has 1 amide bonds. The first kappa shape index (κ1) is 19.9. The van der Waals surface area contributed by atoms with Crippen LogP contribution in [-0.4, -0.2) is 35.7 Å². The number of aliphatic hydroxyl groups is 1. The molecule has 0 radical (unpaired) electrons. The number of benzene rings is 1. The zero-order chi connectivity index (χ0) is 19.2. The predicted octanol–water partition coefficient (Wildman–Crippen LogP) is 4.09. The number of amides is 1. The van der Waals surface area contributed by atoms with Crippen LogP contribution in [0, 0.1) is 5.92 Å². The SMILES string of the molecule is CC(C)C(=O)N1CCSc2cc(C(O)(C(F)(F)F)C(F)(F)F)ccc21. The maximum absolute atomic E-state index is 13.0. The van der Waals surface area contributed by atoms with E-state index in [0.717, 1.165) is 17.8 Å². The number of alkyl halides is 6. The molecule has 0 aliphatic carbocycles. The molecule has 0 bridgehead atoms. The molecule has 0 spiro atoms. The van der Waals surface area contributed by atoms with E-state index in [4.69, 9.17) is 0 Å². The van der Waals surface area contributed by atoms with Gasteiger partial charge in [0.15, 0.2) is 0 Å². The minimum atomic E-state index is -5.94. The summed E-state index contributed by atoms with van der Waals surface area (Å²) in [5.41, 5.74) is -6.05. The maximum Gasteiger partial charge on any atom is 0.430 e. The van der Waals surface area contributed by atoms with Crippen LogP contribution in [0.2, 0.25) is 0 Å². The number of hydrogen-bond donors (Lipinski definition) is 1. The van der Waals surface area contributed by atoms with Gasteiger partial charge in [-0.05, 0) is 12.1 Å². The Kier molecular flexibility index (Phi) is 5.08. The predicted molar refractivity (Wildman–Crippen MR) is 80.4 cm³/mol. The lowest BCUT2D eigenvalue weighted by molar-refractivity contribution is -0.376. The van der Waals surface area contributed by atoms with Crippen molar-refractivity contribution in [2.45, 2.75) is 36.7 Å². The van der Waals surface area contributed by atoms with Gasteiger partial charge in [0.05, 0.1) is 5.69 Å². The zero-order valence-electron chi connectivity index (χ0n) is 13.2. The Morgan fingerprint density at radius 1 is 1.16 bits per heavy atom. The number of anilines is 1. The molecule has 2 rings (SSSR count). The number of carbonyl (C=O) groups is 1. The summed E-state index contributed by atoms with van der Waals surface area (Å²) in [6, 6.07) is 2.23. The summed E-state index contributed by atoms with van der Waals surface area (Å²) in [6.07, 6.45) is -11.9. The summed E-state index contributed by atoms with van der Waals surface area (Å²) < 4.78 is 77.9. The molecule has 1 aromatic carbocycles. The number of rotatable bonds is 2. The Morgan fingerprint density at radius 2 is 1.72 bits per heavy atom. The van der Waals surface area contributed by atoms with Gasteiger partial charge in [-0.15, -0.1) is 11.8 Å². The van der Waals surface area contributed by atoms with Gasteiger partial charge in [0.25, 0.3) is 5.60 Å². The second kappa shape index (κ2) is 6.39. The third kappa shape index (κ3) is 3.33. The molecule has 0 aromatic heterocycles. The van der Waals surface area contributed by atoms with Crippen molar-refractivity contribution in [3.8, 4) is 0 Å². The van der Waals surface area contributed by atoms with Crippen LogP contribution in [0.1, 0.15) is 19.4 Å². The molecule has 1 N–H and O–H groups in total. The third-order valence-corrected chi connectivity index (χ3v) is 4.85. The van der Waals surface area contributed by atoms with Crippen molar-refractivity contribution in [1.29, 1.82) is 0 Å². The molecule has 3 nitrogen and oxygen atoms in total. The number of halogens is 6. The van der Waals surface area contributed by atoms with Gasteiger partial charge < -0.3 is 10.0 Å². The van der Waals surface area contributed by atoms with Crippen LogP contribution in [0.3, 0.4) is 0 Å². The Labute approximate surface area is 144 Å². The maximum atomic E-state index is 13.0. The lowest BCUT2D eigenvalue weighted by atomic mass is 9.92. The first-order valence-electron chi connectivity index (χ1n) is 7.25. The standard InChI is InChI=1S/C15H15F6NO2S/c1-8(2)12(23)22-5-6-25-11-7-9(3-4-10(11)22)13(24,14(16,17)18)15(19,20)21/h3-4,7-8,24H,5-6H2,1-2H3. The van der Waals surface area contributed by atoms with E-state index in [1.54, 1.807) is 13.8 Å². The van der Waals surface area contributed by atoms with E-state index in [0.29, 0.717) is 24.4 Å². The summed E-state index contributed by atoms with van der Waals surface area (Å²) in [7, 11) is 0. The van der Waals surface area contributed by atoms with Crippen LogP contribution in [-0.2, 0) is 10.4 Å². The molecule has 1 aliphatic rings. The third-order valence-electron chi connectivity index (χ3n) is 3.82. The van der Waals surface area contributed by atoms with Gasteiger partial charge >= 0.3 is 12.4 Å². The van der Waals surface area contributed by atoms with E-state index < -0.39 is 23.5 Å². The highest BCUT2D eigenvalue weighted by molar-refractivity contribution is 7.99. The smallest absolute Gasteiger partial charge is 0.369 e. The monoisotopic (exact) mass is 387 g/mol. The average molecular weight is 387 g/mol. The Balaban J connectivity index is 2.56. The molecule has 0 fully saturated rings. The first-order chi connectivity index (χ1) is 11.3. The van der Waals surface area contributed by atoms with Gasteiger partial charge in [-0.3, -0.25) is 4.79 Å². The first-order valence-corrected chi connectivity index (χ1v) is 8.23. The second-order valence-electron chi connectivity index (χ2n) is 5.88. The molecule has 1 aliphatic heterocycles. The summed E-state index contributed by atoms with van der Waals surface area (Å²) in [5, 5.41) is 9.48. The normalized spacial score (nSPS) is 16.2. The lowest BCUT2D eigenvalue weighted by Gasteiger charge is -2.35.